The molecule has 0 aliphatic rings. The third kappa shape index (κ3) is 5.77. The first-order valence-electron chi connectivity index (χ1n) is 9.28. The van der Waals surface area contributed by atoms with Crippen LogP contribution in [0.1, 0.15) is 33.5 Å². The summed E-state index contributed by atoms with van der Waals surface area (Å²) in [7, 11) is 0. The number of aliphatic hydroxyl groups is 1. The fourth-order valence-electron chi connectivity index (χ4n) is 2.57. The standard InChI is InChI=1S/C20H18F4N4O3S/c1-10(29)9-31-13-3-14(16(21)15(4-13)18-26-5-11(2)32-18)17(30)25-6-12-7-27-19(28-8-12)20(22,23)24/h3-5,7-8,10,29H,6,9H2,1-2H3,(H,25,30). The summed E-state index contributed by atoms with van der Waals surface area (Å²) in [5.41, 5.74) is -0.0953. The number of carbonyl (C=O) groups is 1. The van der Waals surface area contributed by atoms with Crippen molar-refractivity contribution in [2.75, 3.05) is 6.61 Å². The predicted octanol–water partition coefficient (Wildman–Crippen LogP) is 3.76. The van der Waals surface area contributed by atoms with Crippen molar-refractivity contribution < 1.29 is 32.2 Å². The number of rotatable bonds is 7. The molecule has 1 aromatic carbocycles. The number of hydrogen-bond donors (Lipinski definition) is 2. The highest BCUT2D eigenvalue weighted by molar-refractivity contribution is 7.14. The fraction of sp³-hybridized carbons (Fsp3) is 0.300. The second-order valence-corrected chi connectivity index (χ2v) is 8.10. The van der Waals surface area contributed by atoms with Gasteiger partial charge >= 0.3 is 6.18 Å². The number of carbonyl (C=O) groups excluding carboxylic acids is 1. The van der Waals surface area contributed by atoms with Crippen LogP contribution in [-0.2, 0) is 12.7 Å². The van der Waals surface area contributed by atoms with E-state index in [2.05, 4.69) is 20.3 Å². The minimum absolute atomic E-state index is 0.0502. The average Bonchev–Trinajstić information content (AvgIpc) is 3.16. The van der Waals surface area contributed by atoms with Gasteiger partial charge in [-0.25, -0.2) is 19.3 Å². The van der Waals surface area contributed by atoms with Crippen molar-refractivity contribution in [1.29, 1.82) is 0 Å². The van der Waals surface area contributed by atoms with Crippen molar-refractivity contribution in [3.8, 4) is 16.3 Å². The number of benzene rings is 1. The molecule has 2 heterocycles. The second-order valence-electron chi connectivity index (χ2n) is 6.86. The van der Waals surface area contributed by atoms with Crippen molar-refractivity contribution in [3.63, 3.8) is 0 Å². The van der Waals surface area contributed by atoms with E-state index in [0.717, 1.165) is 17.3 Å². The van der Waals surface area contributed by atoms with Crippen LogP contribution in [0.3, 0.4) is 0 Å². The van der Waals surface area contributed by atoms with Crippen LogP contribution in [0.15, 0.2) is 30.7 Å². The number of hydrogen-bond acceptors (Lipinski definition) is 7. The zero-order chi connectivity index (χ0) is 23.5. The molecule has 3 aromatic rings. The Hall–Kier alpha value is -3.12. The number of amides is 1. The molecule has 170 valence electrons. The van der Waals surface area contributed by atoms with Crippen LogP contribution >= 0.6 is 11.3 Å². The van der Waals surface area contributed by atoms with Crippen LogP contribution in [0, 0.1) is 12.7 Å². The Morgan fingerprint density at radius 3 is 2.47 bits per heavy atom. The molecule has 0 fully saturated rings. The molecule has 32 heavy (non-hydrogen) atoms. The number of halogens is 4. The molecule has 0 aliphatic heterocycles. The van der Waals surface area contributed by atoms with Crippen molar-refractivity contribution in [3.05, 3.63) is 58.4 Å². The van der Waals surface area contributed by atoms with Gasteiger partial charge in [-0.05, 0) is 26.0 Å². The van der Waals surface area contributed by atoms with Gasteiger partial charge in [0.2, 0.25) is 5.82 Å². The maximum absolute atomic E-state index is 15.2. The predicted molar refractivity (Wildman–Crippen MR) is 108 cm³/mol. The van der Waals surface area contributed by atoms with Gasteiger partial charge in [0.15, 0.2) is 0 Å². The Morgan fingerprint density at radius 1 is 1.22 bits per heavy atom. The van der Waals surface area contributed by atoms with Gasteiger partial charge in [-0.2, -0.15) is 13.2 Å². The highest BCUT2D eigenvalue weighted by Crippen LogP contribution is 2.33. The van der Waals surface area contributed by atoms with Gasteiger partial charge in [-0.15, -0.1) is 11.3 Å². The Bertz CT molecular complexity index is 1100. The third-order valence-electron chi connectivity index (χ3n) is 4.05. The Kier molecular flexibility index (Phi) is 7.04. The van der Waals surface area contributed by atoms with E-state index in [1.165, 1.54) is 30.4 Å². The molecular weight excluding hydrogens is 452 g/mol. The molecule has 0 saturated carbocycles. The van der Waals surface area contributed by atoms with E-state index in [-0.39, 0.29) is 35.6 Å². The van der Waals surface area contributed by atoms with E-state index in [1.807, 2.05) is 0 Å². The largest absolute Gasteiger partial charge is 0.491 e. The summed E-state index contributed by atoms with van der Waals surface area (Å²) in [4.78, 5) is 24.1. The molecule has 1 atom stereocenters. The summed E-state index contributed by atoms with van der Waals surface area (Å²) in [5, 5.41) is 12.2. The topological polar surface area (TPSA) is 97.2 Å². The normalized spacial score (nSPS) is 12.5. The summed E-state index contributed by atoms with van der Waals surface area (Å²) >= 11 is 1.23. The van der Waals surface area contributed by atoms with Gasteiger partial charge in [-0.3, -0.25) is 4.79 Å². The Morgan fingerprint density at radius 2 is 1.91 bits per heavy atom. The number of ether oxygens (including phenoxy) is 1. The Labute approximate surface area is 184 Å². The molecule has 2 N–H and O–H groups in total. The number of nitrogens with zero attached hydrogens (tertiary/aromatic N) is 3. The first-order valence-corrected chi connectivity index (χ1v) is 10.1. The van der Waals surface area contributed by atoms with Crippen molar-refractivity contribution in [1.82, 2.24) is 20.3 Å². The van der Waals surface area contributed by atoms with Crippen LogP contribution in [0.25, 0.3) is 10.6 Å². The van der Waals surface area contributed by atoms with Crippen molar-refractivity contribution in [2.45, 2.75) is 32.7 Å². The van der Waals surface area contributed by atoms with Gasteiger partial charge in [-0.1, -0.05) is 0 Å². The van der Waals surface area contributed by atoms with E-state index in [1.54, 1.807) is 13.1 Å². The maximum atomic E-state index is 15.2. The zero-order valence-electron chi connectivity index (χ0n) is 16.9. The van der Waals surface area contributed by atoms with Gasteiger partial charge in [0.25, 0.3) is 5.91 Å². The quantitative estimate of drug-likeness (QED) is 0.511. The van der Waals surface area contributed by atoms with Crippen LogP contribution in [0.2, 0.25) is 0 Å². The number of thiazole rings is 1. The van der Waals surface area contributed by atoms with Gasteiger partial charge in [0, 0.05) is 35.6 Å². The summed E-state index contributed by atoms with van der Waals surface area (Å²) in [6.07, 6.45) is -2.05. The van der Waals surface area contributed by atoms with E-state index in [9.17, 15) is 23.1 Å². The summed E-state index contributed by atoms with van der Waals surface area (Å²) < 4.78 is 58.3. The summed E-state index contributed by atoms with van der Waals surface area (Å²) in [5.74, 6) is -2.80. The first kappa shape index (κ1) is 23.5. The first-order chi connectivity index (χ1) is 15.0. The molecule has 12 heteroatoms. The number of aryl methyl sites for hydroxylation is 1. The van der Waals surface area contributed by atoms with Crippen LogP contribution in [0.4, 0.5) is 17.6 Å². The molecule has 0 radical (unpaired) electrons. The highest BCUT2D eigenvalue weighted by Gasteiger charge is 2.34. The van der Waals surface area contributed by atoms with Crippen LogP contribution in [-0.4, -0.2) is 38.7 Å². The second kappa shape index (κ2) is 9.57. The molecule has 1 unspecified atom stereocenters. The van der Waals surface area contributed by atoms with Crippen LogP contribution in [0.5, 0.6) is 5.75 Å². The minimum Gasteiger partial charge on any atom is -0.491 e. The molecule has 0 saturated heterocycles. The van der Waals surface area contributed by atoms with Gasteiger partial charge in [0.05, 0.1) is 17.2 Å². The van der Waals surface area contributed by atoms with E-state index < -0.39 is 29.8 Å². The maximum Gasteiger partial charge on any atom is 0.451 e. The fourth-order valence-corrected chi connectivity index (χ4v) is 3.34. The number of nitrogens with one attached hydrogen (secondary N) is 1. The highest BCUT2D eigenvalue weighted by atomic mass is 32.1. The minimum atomic E-state index is -4.68. The van der Waals surface area contributed by atoms with Gasteiger partial charge < -0.3 is 15.2 Å². The molecular formula is C20H18F4N4O3S. The SMILES string of the molecule is Cc1cnc(-c2cc(OCC(C)O)cc(C(=O)NCc3cnc(C(F)(F)F)nc3)c2F)s1. The molecule has 3 rings (SSSR count). The third-order valence-corrected chi connectivity index (χ3v) is 4.99. The average molecular weight is 470 g/mol. The van der Waals surface area contributed by atoms with Crippen LogP contribution < -0.4 is 10.1 Å². The lowest BCUT2D eigenvalue weighted by molar-refractivity contribution is -0.145. The number of alkyl halides is 3. The molecule has 0 bridgehead atoms. The smallest absolute Gasteiger partial charge is 0.451 e. The molecule has 0 aliphatic carbocycles. The molecule has 2 aromatic heterocycles. The van der Waals surface area contributed by atoms with E-state index >= 15 is 4.39 Å². The summed E-state index contributed by atoms with van der Waals surface area (Å²) in [6.45, 7) is 3.01. The molecule has 1 amide bonds. The van der Waals surface area contributed by atoms with Crippen molar-refractivity contribution >= 4 is 17.2 Å². The van der Waals surface area contributed by atoms with E-state index in [0.29, 0.717) is 5.01 Å². The zero-order valence-corrected chi connectivity index (χ0v) is 17.7. The monoisotopic (exact) mass is 470 g/mol. The van der Waals surface area contributed by atoms with Gasteiger partial charge in [0.1, 0.15) is 23.2 Å². The molecule has 7 nitrogen and oxygen atoms in total. The number of aliphatic hydroxyl groups excluding tert-OH is 1. The van der Waals surface area contributed by atoms with E-state index in [4.69, 9.17) is 4.74 Å². The lowest BCUT2D eigenvalue weighted by Gasteiger charge is -2.13. The Balaban J connectivity index is 1.84. The summed E-state index contributed by atoms with van der Waals surface area (Å²) in [6, 6.07) is 2.57. The number of aromatic nitrogens is 3. The lowest BCUT2D eigenvalue weighted by atomic mass is 10.1. The van der Waals surface area contributed by atoms with Crippen molar-refractivity contribution in [2.24, 2.45) is 0 Å². The molecule has 0 spiro atoms. The lowest BCUT2D eigenvalue weighted by Crippen LogP contribution is -2.25.